The molecule has 2 aromatic rings. The molecule has 5 rings (SSSR count). The van der Waals surface area contributed by atoms with Gasteiger partial charge in [0.05, 0.1) is 41.9 Å². The third-order valence-electron chi connectivity index (χ3n) is 7.14. The van der Waals surface area contributed by atoms with Gasteiger partial charge in [0, 0.05) is 31.7 Å². The number of hydrogen-bond acceptors (Lipinski definition) is 8. The highest BCUT2D eigenvalue weighted by atomic mass is 35.5. The van der Waals surface area contributed by atoms with Crippen LogP contribution in [0, 0.1) is 0 Å². The van der Waals surface area contributed by atoms with Gasteiger partial charge in [-0.3, -0.25) is 0 Å². The molecule has 2 saturated heterocycles. The summed E-state index contributed by atoms with van der Waals surface area (Å²) < 4.78 is 13.1. The Morgan fingerprint density at radius 2 is 1.97 bits per heavy atom. The van der Waals surface area contributed by atoms with E-state index in [9.17, 15) is 9.90 Å². The second kappa shape index (κ2) is 9.22. The molecule has 0 bridgehead atoms. The van der Waals surface area contributed by atoms with Gasteiger partial charge in [-0.25, -0.2) is 19.7 Å². The van der Waals surface area contributed by atoms with Crippen LogP contribution in [0.3, 0.4) is 0 Å². The van der Waals surface area contributed by atoms with Crippen LogP contribution in [0.25, 0.3) is 11.4 Å². The summed E-state index contributed by atoms with van der Waals surface area (Å²) in [5.41, 5.74) is 0.906. The van der Waals surface area contributed by atoms with E-state index in [2.05, 4.69) is 19.9 Å². The number of nitrogens with one attached hydrogen (secondary N) is 1. The van der Waals surface area contributed by atoms with Crippen LogP contribution in [0.5, 0.6) is 0 Å². The molecule has 2 aromatic heterocycles. The van der Waals surface area contributed by atoms with Crippen molar-refractivity contribution in [1.29, 1.82) is 0 Å². The first-order valence-corrected chi connectivity index (χ1v) is 12.6. The number of hydrogen-bond donors (Lipinski definition) is 2. The zero-order valence-electron chi connectivity index (χ0n) is 20.5. The van der Waals surface area contributed by atoms with Crippen molar-refractivity contribution in [2.24, 2.45) is 0 Å². The van der Waals surface area contributed by atoms with E-state index < -0.39 is 11.7 Å². The van der Waals surface area contributed by atoms with E-state index in [0.29, 0.717) is 49.4 Å². The number of anilines is 1. The summed E-state index contributed by atoms with van der Waals surface area (Å²) in [5.74, 6) is 1.45. The number of likely N-dealkylation sites (tertiary alicyclic amines) is 1. The van der Waals surface area contributed by atoms with Gasteiger partial charge in [-0.05, 0) is 46.5 Å². The second-order valence-electron chi connectivity index (χ2n) is 10.7. The van der Waals surface area contributed by atoms with Crippen molar-refractivity contribution in [1.82, 2.24) is 24.4 Å². The van der Waals surface area contributed by atoms with E-state index in [1.54, 1.807) is 11.1 Å². The van der Waals surface area contributed by atoms with E-state index in [-0.39, 0.29) is 17.6 Å². The molecule has 35 heavy (non-hydrogen) atoms. The van der Waals surface area contributed by atoms with Gasteiger partial charge in [-0.1, -0.05) is 11.6 Å². The molecule has 0 unspecified atom stereocenters. The molecular formula is C24H33ClN6O4. The maximum Gasteiger partial charge on any atom is 0.410 e. The molecular weight excluding hydrogens is 472 g/mol. The SMILES string of the molecule is CC(C)(C)OC(=O)N1CCC2(CC1)CCn1c(-c3nc(N[C@@H]4CCOC[C@H]4O)ncc3Cl)cnc12. The van der Waals surface area contributed by atoms with Gasteiger partial charge in [-0.15, -0.1) is 0 Å². The van der Waals surface area contributed by atoms with Crippen molar-refractivity contribution in [2.75, 3.05) is 31.6 Å². The fourth-order valence-electron chi connectivity index (χ4n) is 5.24. The first-order chi connectivity index (χ1) is 16.7. The van der Waals surface area contributed by atoms with E-state index in [0.717, 1.165) is 37.3 Å². The number of ether oxygens (including phenoxy) is 2. The number of fused-ring (bicyclic) bond motifs is 2. The Balaban J connectivity index is 1.33. The summed E-state index contributed by atoms with van der Waals surface area (Å²) in [4.78, 5) is 28.1. The number of halogens is 1. The Hall–Kier alpha value is -2.43. The van der Waals surface area contributed by atoms with Gasteiger partial charge in [0.15, 0.2) is 0 Å². The number of nitrogens with zero attached hydrogens (tertiary/aromatic N) is 5. The lowest BCUT2D eigenvalue weighted by Gasteiger charge is -2.38. The lowest BCUT2D eigenvalue weighted by molar-refractivity contribution is -0.0136. The highest BCUT2D eigenvalue weighted by molar-refractivity contribution is 6.32. The highest BCUT2D eigenvalue weighted by Gasteiger charge is 2.45. The number of rotatable bonds is 3. The summed E-state index contributed by atoms with van der Waals surface area (Å²) in [6.07, 6.45) is 5.87. The number of aliphatic hydroxyl groups excluding tert-OH is 1. The Morgan fingerprint density at radius 1 is 1.23 bits per heavy atom. The monoisotopic (exact) mass is 504 g/mol. The number of carbonyl (C=O) groups is 1. The summed E-state index contributed by atoms with van der Waals surface area (Å²) in [6.45, 7) is 8.64. The smallest absolute Gasteiger partial charge is 0.410 e. The Kier molecular flexibility index (Phi) is 6.39. The number of piperidine rings is 1. The molecule has 5 heterocycles. The molecule has 0 radical (unpaired) electrons. The lowest BCUT2D eigenvalue weighted by atomic mass is 9.77. The Morgan fingerprint density at radius 3 is 2.69 bits per heavy atom. The number of aliphatic hydroxyl groups is 1. The number of carbonyl (C=O) groups excluding carboxylic acids is 1. The zero-order valence-corrected chi connectivity index (χ0v) is 21.2. The summed E-state index contributed by atoms with van der Waals surface area (Å²) in [5, 5.41) is 13.9. The van der Waals surface area contributed by atoms with Crippen molar-refractivity contribution in [2.45, 2.75) is 76.2 Å². The van der Waals surface area contributed by atoms with Crippen molar-refractivity contribution in [3.8, 4) is 11.4 Å². The zero-order chi connectivity index (χ0) is 24.8. The van der Waals surface area contributed by atoms with Crippen molar-refractivity contribution in [3.05, 3.63) is 23.2 Å². The Labute approximate surface area is 210 Å². The molecule has 10 nitrogen and oxygen atoms in total. The Bertz CT molecular complexity index is 1090. The summed E-state index contributed by atoms with van der Waals surface area (Å²) in [6, 6.07) is -0.174. The maximum atomic E-state index is 12.5. The van der Waals surface area contributed by atoms with Crippen LogP contribution in [-0.2, 0) is 21.4 Å². The minimum atomic E-state index is -0.614. The third-order valence-corrected chi connectivity index (χ3v) is 7.42. The van der Waals surface area contributed by atoms with Crippen LogP contribution in [0.1, 0.15) is 52.3 Å². The minimum absolute atomic E-state index is 0.0659. The first kappa shape index (κ1) is 24.3. The molecule has 3 aliphatic heterocycles. The van der Waals surface area contributed by atoms with Crippen molar-refractivity contribution in [3.63, 3.8) is 0 Å². The number of aromatic nitrogens is 4. The van der Waals surface area contributed by atoms with Crippen LogP contribution in [-0.4, -0.2) is 79.7 Å². The van der Waals surface area contributed by atoms with Gasteiger partial charge in [0.1, 0.15) is 17.1 Å². The van der Waals surface area contributed by atoms with Gasteiger partial charge in [0.25, 0.3) is 0 Å². The van der Waals surface area contributed by atoms with E-state index in [1.165, 1.54) is 0 Å². The van der Waals surface area contributed by atoms with Crippen LogP contribution in [0.2, 0.25) is 5.02 Å². The summed E-state index contributed by atoms with van der Waals surface area (Å²) >= 11 is 6.52. The van der Waals surface area contributed by atoms with Gasteiger partial charge in [-0.2, -0.15) is 0 Å². The molecule has 2 fully saturated rings. The largest absolute Gasteiger partial charge is 0.444 e. The average molecular weight is 505 g/mol. The van der Waals surface area contributed by atoms with Crippen LogP contribution in [0.4, 0.5) is 10.7 Å². The molecule has 2 N–H and O–H groups in total. The molecule has 1 spiro atoms. The van der Waals surface area contributed by atoms with Crippen molar-refractivity contribution < 1.29 is 19.4 Å². The minimum Gasteiger partial charge on any atom is -0.444 e. The number of imidazole rings is 1. The van der Waals surface area contributed by atoms with Crippen LogP contribution < -0.4 is 5.32 Å². The van der Waals surface area contributed by atoms with E-state index >= 15 is 0 Å². The first-order valence-electron chi connectivity index (χ1n) is 12.2. The van der Waals surface area contributed by atoms with Gasteiger partial charge >= 0.3 is 6.09 Å². The van der Waals surface area contributed by atoms with Crippen molar-refractivity contribution >= 4 is 23.6 Å². The molecule has 0 saturated carbocycles. The van der Waals surface area contributed by atoms with Crippen LogP contribution in [0.15, 0.2) is 12.4 Å². The lowest BCUT2D eigenvalue weighted by Crippen LogP contribution is -2.46. The molecule has 1 amide bonds. The fourth-order valence-corrected chi connectivity index (χ4v) is 5.43. The predicted octanol–water partition coefficient (Wildman–Crippen LogP) is 3.23. The molecule has 0 aromatic carbocycles. The molecule has 2 atom stereocenters. The number of amides is 1. The molecule has 11 heteroatoms. The molecule has 190 valence electrons. The van der Waals surface area contributed by atoms with E-state index in [1.807, 2.05) is 27.0 Å². The fraction of sp³-hybridized carbons (Fsp3) is 0.667. The van der Waals surface area contributed by atoms with Crippen LogP contribution >= 0.6 is 11.6 Å². The average Bonchev–Trinajstić information content (AvgIpc) is 3.38. The highest BCUT2D eigenvalue weighted by Crippen LogP contribution is 2.45. The molecule has 0 aliphatic carbocycles. The quantitative estimate of drug-likeness (QED) is 0.654. The van der Waals surface area contributed by atoms with E-state index in [4.69, 9.17) is 26.1 Å². The standard InChI is InChI=1S/C24H33ClN6O4/c1-23(2,3)35-22(33)30-8-5-24(6-9-30)7-10-31-17(13-26-20(24)31)19-15(25)12-27-21(29-19)28-16-4-11-34-14-18(16)32/h12-13,16,18,32H,4-11,14H2,1-3H3,(H,27,28,29)/t16-,18-/m1/s1. The second-order valence-corrected chi connectivity index (χ2v) is 11.1. The molecule has 3 aliphatic rings. The van der Waals surface area contributed by atoms with Gasteiger partial charge in [0.2, 0.25) is 5.95 Å². The third kappa shape index (κ3) is 4.83. The van der Waals surface area contributed by atoms with Gasteiger partial charge < -0.3 is 29.4 Å². The normalized spacial score (nSPS) is 23.9. The maximum absolute atomic E-state index is 12.5. The predicted molar refractivity (Wildman–Crippen MR) is 130 cm³/mol. The summed E-state index contributed by atoms with van der Waals surface area (Å²) in [7, 11) is 0. The topological polar surface area (TPSA) is 115 Å².